The molecular formula is C9H8ClN. The van der Waals surface area contributed by atoms with Crippen molar-refractivity contribution in [3.05, 3.63) is 35.0 Å². The third kappa shape index (κ3) is 1.02. The van der Waals surface area contributed by atoms with Gasteiger partial charge in [-0.25, -0.2) is 0 Å². The summed E-state index contributed by atoms with van der Waals surface area (Å²) in [7, 11) is 0. The van der Waals surface area contributed by atoms with E-state index in [4.69, 9.17) is 11.6 Å². The molecule has 0 fully saturated rings. The van der Waals surface area contributed by atoms with Crippen LogP contribution in [-0.2, 0) is 0 Å². The molecule has 1 aromatic carbocycles. The SMILES string of the molecule is Cc1cccc2cc(Cl)[nH]c12. The minimum Gasteiger partial charge on any atom is -0.345 e. The van der Waals surface area contributed by atoms with Crippen molar-refractivity contribution in [3.8, 4) is 0 Å². The molecule has 1 N–H and O–H groups in total. The molecule has 0 bridgehead atoms. The molecule has 1 heterocycles. The van der Waals surface area contributed by atoms with E-state index in [0.717, 1.165) is 5.52 Å². The van der Waals surface area contributed by atoms with E-state index >= 15 is 0 Å². The van der Waals surface area contributed by atoms with Gasteiger partial charge in [-0.15, -0.1) is 0 Å². The van der Waals surface area contributed by atoms with Gasteiger partial charge in [0, 0.05) is 10.9 Å². The number of aromatic nitrogens is 1. The number of hydrogen-bond acceptors (Lipinski definition) is 0. The minimum absolute atomic E-state index is 0.703. The van der Waals surface area contributed by atoms with Crippen LogP contribution in [0.3, 0.4) is 0 Å². The summed E-state index contributed by atoms with van der Waals surface area (Å²) in [5.41, 5.74) is 2.37. The van der Waals surface area contributed by atoms with Crippen molar-refractivity contribution in [2.45, 2.75) is 6.92 Å². The summed E-state index contributed by atoms with van der Waals surface area (Å²) in [5.74, 6) is 0. The number of benzene rings is 1. The molecule has 11 heavy (non-hydrogen) atoms. The summed E-state index contributed by atoms with van der Waals surface area (Å²) < 4.78 is 0. The van der Waals surface area contributed by atoms with Crippen molar-refractivity contribution in [3.63, 3.8) is 0 Å². The molecule has 0 aliphatic heterocycles. The molecule has 0 aliphatic rings. The predicted molar refractivity (Wildman–Crippen MR) is 48.0 cm³/mol. The van der Waals surface area contributed by atoms with Gasteiger partial charge >= 0.3 is 0 Å². The summed E-state index contributed by atoms with van der Waals surface area (Å²) in [5, 5.41) is 1.88. The second-order valence-electron chi connectivity index (χ2n) is 2.66. The second kappa shape index (κ2) is 2.28. The Labute approximate surface area is 70.0 Å². The molecule has 2 aromatic rings. The van der Waals surface area contributed by atoms with Crippen molar-refractivity contribution >= 4 is 22.5 Å². The fourth-order valence-electron chi connectivity index (χ4n) is 1.27. The molecular weight excluding hydrogens is 158 g/mol. The molecule has 1 nitrogen and oxygen atoms in total. The van der Waals surface area contributed by atoms with Crippen LogP contribution in [0.5, 0.6) is 0 Å². The molecule has 0 unspecified atom stereocenters. The van der Waals surface area contributed by atoms with Crippen molar-refractivity contribution in [1.82, 2.24) is 4.98 Å². The van der Waals surface area contributed by atoms with Crippen LogP contribution in [0.1, 0.15) is 5.56 Å². The lowest BCUT2D eigenvalue weighted by atomic mass is 10.2. The minimum atomic E-state index is 0.703. The quantitative estimate of drug-likeness (QED) is 0.618. The van der Waals surface area contributed by atoms with Crippen molar-refractivity contribution in [2.24, 2.45) is 0 Å². The number of aromatic amines is 1. The lowest BCUT2D eigenvalue weighted by Crippen LogP contribution is -1.73. The highest BCUT2D eigenvalue weighted by Crippen LogP contribution is 2.20. The zero-order valence-corrected chi connectivity index (χ0v) is 6.94. The summed E-state index contributed by atoms with van der Waals surface area (Å²) in [6.45, 7) is 2.06. The molecule has 2 rings (SSSR count). The van der Waals surface area contributed by atoms with Gasteiger partial charge in [0.15, 0.2) is 0 Å². The average molecular weight is 166 g/mol. The molecule has 1 aromatic heterocycles. The van der Waals surface area contributed by atoms with Crippen molar-refractivity contribution in [2.75, 3.05) is 0 Å². The Morgan fingerprint density at radius 2 is 2.18 bits per heavy atom. The number of aryl methyl sites for hydroxylation is 1. The number of halogens is 1. The molecule has 0 saturated heterocycles. The summed E-state index contributed by atoms with van der Waals surface area (Å²) in [4.78, 5) is 3.09. The zero-order chi connectivity index (χ0) is 7.84. The summed E-state index contributed by atoms with van der Waals surface area (Å²) in [6, 6.07) is 8.07. The largest absolute Gasteiger partial charge is 0.345 e. The highest BCUT2D eigenvalue weighted by atomic mass is 35.5. The molecule has 0 aliphatic carbocycles. The highest BCUT2D eigenvalue weighted by Gasteiger charge is 1.98. The van der Waals surface area contributed by atoms with Gasteiger partial charge < -0.3 is 4.98 Å². The number of rotatable bonds is 0. The molecule has 56 valence electrons. The molecule has 0 saturated carbocycles. The first-order chi connectivity index (χ1) is 5.27. The third-order valence-corrected chi connectivity index (χ3v) is 2.04. The van der Waals surface area contributed by atoms with Crippen LogP contribution in [0.2, 0.25) is 5.15 Å². The van der Waals surface area contributed by atoms with Crippen LogP contribution >= 0.6 is 11.6 Å². The number of para-hydroxylation sites is 1. The van der Waals surface area contributed by atoms with E-state index in [2.05, 4.69) is 18.0 Å². The van der Waals surface area contributed by atoms with Gasteiger partial charge in [-0.2, -0.15) is 0 Å². The van der Waals surface area contributed by atoms with Crippen LogP contribution in [-0.4, -0.2) is 4.98 Å². The first-order valence-electron chi connectivity index (χ1n) is 3.51. The Balaban J connectivity index is 2.90. The number of nitrogens with one attached hydrogen (secondary N) is 1. The van der Waals surface area contributed by atoms with E-state index in [0.29, 0.717) is 5.15 Å². The van der Waals surface area contributed by atoms with Crippen molar-refractivity contribution < 1.29 is 0 Å². The predicted octanol–water partition coefficient (Wildman–Crippen LogP) is 3.13. The van der Waals surface area contributed by atoms with Gasteiger partial charge in [-0.1, -0.05) is 29.8 Å². The van der Waals surface area contributed by atoms with Crippen LogP contribution in [0, 0.1) is 6.92 Å². The Hall–Kier alpha value is -0.950. The van der Waals surface area contributed by atoms with Gasteiger partial charge in [0.2, 0.25) is 0 Å². The highest BCUT2D eigenvalue weighted by molar-refractivity contribution is 6.30. The van der Waals surface area contributed by atoms with E-state index in [9.17, 15) is 0 Å². The van der Waals surface area contributed by atoms with E-state index in [-0.39, 0.29) is 0 Å². The van der Waals surface area contributed by atoms with E-state index in [1.54, 1.807) is 0 Å². The average Bonchev–Trinajstić information content (AvgIpc) is 2.31. The molecule has 0 radical (unpaired) electrons. The first kappa shape index (κ1) is 6.74. The Morgan fingerprint density at radius 3 is 2.91 bits per heavy atom. The van der Waals surface area contributed by atoms with Gasteiger partial charge in [0.05, 0.1) is 0 Å². The second-order valence-corrected chi connectivity index (χ2v) is 3.06. The first-order valence-corrected chi connectivity index (χ1v) is 3.89. The van der Waals surface area contributed by atoms with Crippen LogP contribution in [0.25, 0.3) is 10.9 Å². The lowest BCUT2D eigenvalue weighted by molar-refractivity contribution is 1.42. The molecule has 0 atom stereocenters. The van der Waals surface area contributed by atoms with Crippen LogP contribution in [0.15, 0.2) is 24.3 Å². The monoisotopic (exact) mass is 165 g/mol. The fraction of sp³-hybridized carbons (Fsp3) is 0.111. The lowest BCUT2D eigenvalue weighted by Gasteiger charge is -1.92. The summed E-state index contributed by atoms with van der Waals surface area (Å²) in [6.07, 6.45) is 0. The van der Waals surface area contributed by atoms with Crippen LogP contribution in [0.4, 0.5) is 0 Å². The number of H-pyrrole nitrogens is 1. The van der Waals surface area contributed by atoms with E-state index in [1.165, 1.54) is 10.9 Å². The van der Waals surface area contributed by atoms with Gasteiger partial charge in [0.25, 0.3) is 0 Å². The van der Waals surface area contributed by atoms with Gasteiger partial charge in [-0.05, 0) is 18.6 Å². The smallest absolute Gasteiger partial charge is 0.107 e. The summed E-state index contributed by atoms with van der Waals surface area (Å²) >= 11 is 5.80. The maximum atomic E-state index is 5.80. The van der Waals surface area contributed by atoms with Crippen LogP contribution < -0.4 is 0 Å². The molecule has 0 amide bonds. The topological polar surface area (TPSA) is 15.8 Å². The fourth-order valence-corrected chi connectivity index (χ4v) is 1.49. The number of fused-ring (bicyclic) bond motifs is 1. The van der Waals surface area contributed by atoms with Gasteiger partial charge in [-0.3, -0.25) is 0 Å². The normalized spacial score (nSPS) is 10.7. The maximum absolute atomic E-state index is 5.80. The Bertz CT molecular complexity index is 389. The van der Waals surface area contributed by atoms with Crippen molar-refractivity contribution in [1.29, 1.82) is 0 Å². The van der Waals surface area contributed by atoms with E-state index < -0.39 is 0 Å². The van der Waals surface area contributed by atoms with Gasteiger partial charge in [0.1, 0.15) is 5.15 Å². The molecule has 0 spiro atoms. The Morgan fingerprint density at radius 1 is 1.36 bits per heavy atom. The number of hydrogen-bond donors (Lipinski definition) is 1. The molecule has 2 heteroatoms. The zero-order valence-electron chi connectivity index (χ0n) is 6.19. The third-order valence-electron chi connectivity index (χ3n) is 1.83. The Kier molecular flexibility index (Phi) is 1.40. The van der Waals surface area contributed by atoms with E-state index in [1.807, 2.05) is 18.2 Å². The standard InChI is InChI=1S/C9H8ClN/c1-6-3-2-4-7-5-8(10)11-9(6)7/h2-5,11H,1H3. The maximum Gasteiger partial charge on any atom is 0.107 e.